The van der Waals surface area contributed by atoms with Crippen molar-refractivity contribution in [3.63, 3.8) is 0 Å². The zero-order valence-electron chi connectivity index (χ0n) is 11.4. The minimum Gasteiger partial charge on any atom is -0.494 e. The number of ether oxygens (including phenoxy) is 1. The smallest absolute Gasteiger partial charge is 0.119 e. The molecule has 0 aliphatic heterocycles. The van der Waals surface area contributed by atoms with Crippen molar-refractivity contribution >= 4 is 0 Å². The fourth-order valence-corrected chi connectivity index (χ4v) is 2.07. The van der Waals surface area contributed by atoms with Crippen LogP contribution in [0, 0.1) is 6.92 Å². The number of rotatable bonds is 6. The quantitative estimate of drug-likeness (QED) is 0.859. The lowest BCUT2D eigenvalue weighted by molar-refractivity contribution is 0.297. The molecule has 19 heavy (non-hydrogen) atoms. The van der Waals surface area contributed by atoms with Gasteiger partial charge in [-0.1, -0.05) is 42.5 Å². The molecule has 0 spiro atoms. The van der Waals surface area contributed by atoms with E-state index in [1.165, 1.54) is 11.1 Å². The van der Waals surface area contributed by atoms with Gasteiger partial charge in [0, 0.05) is 6.04 Å². The molecule has 0 saturated carbocycles. The monoisotopic (exact) mass is 255 g/mol. The van der Waals surface area contributed by atoms with Gasteiger partial charge in [-0.15, -0.1) is 0 Å². The Morgan fingerprint density at radius 1 is 1.00 bits per heavy atom. The van der Waals surface area contributed by atoms with E-state index >= 15 is 0 Å². The number of benzene rings is 2. The Bertz CT molecular complexity index is 496. The van der Waals surface area contributed by atoms with E-state index in [0.717, 1.165) is 18.6 Å². The Hall–Kier alpha value is -1.80. The van der Waals surface area contributed by atoms with Crippen LogP contribution in [0.15, 0.2) is 54.6 Å². The summed E-state index contributed by atoms with van der Waals surface area (Å²) >= 11 is 0. The largest absolute Gasteiger partial charge is 0.494 e. The molecule has 100 valence electrons. The fraction of sp³-hybridized carbons (Fsp3) is 0.294. The molecule has 2 aromatic rings. The minimum absolute atomic E-state index is 0.143. The molecule has 0 fully saturated rings. The molecule has 2 nitrogen and oxygen atoms in total. The SMILES string of the molecule is Cc1ccccc1CC(N)CCOc1ccccc1. The third kappa shape index (κ3) is 4.42. The lowest BCUT2D eigenvalue weighted by Gasteiger charge is -2.14. The summed E-state index contributed by atoms with van der Waals surface area (Å²) in [6.07, 6.45) is 1.77. The third-order valence-electron chi connectivity index (χ3n) is 3.24. The fourth-order valence-electron chi connectivity index (χ4n) is 2.07. The highest BCUT2D eigenvalue weighted by molar-refractivity contribution is 5.26. The Morgan fingerprint density at radius 2 is 1.68 bits per heavy atom. The highest BCUT2D eigenvalue weighted by Gasteiger charge is 2.06. The van der Waals surface area contributed by atoms with Gasteiger partial charge < -0.3 is 10.5 Å². The van der Waals surface area contributed by atoms with Gasteiger partial charge in [0.2, 0.25) is 0 Å². The van der Waals surface area contributed by atoms with Gasteiger partial charge >= 0.3 is 0 Å². The third-order valence-corrected chi connectivity index (χ3v) is 3.24. The van der Waals surface area contributed by atoms with E-state index in [0.29, 0.717) is 6.61 Å². The molecule has 0 saturated heterocycles. The van der Waals surface area contributed by atoms with E-state index in [-0.39, 0.29) is 6.04 Å². The van der Waals surface area contributed by atoms with Gasteiger partial charge in [0.15, 0.2) is 0 Å². The summed E-state index contributed by atoms with van der Waals surface area (Å²) in [6, 6.07) is 18.4. The van der Waals surface area contributed by atoms with Crippen LogP contribution >= 0.6 is 0 Å². The Kier molecular flexibility index (Phi) is 4.99. The van der Waals surface area contributed by atoms with Crippen LogP contribution in [0.5, 0.6) is 5.75 Å². The lowest BCUT2D eigenvalue weighted by atomic mass is 10.0. The number of hydrogen-bond acceptors (Lipinski definition) is 2. The van der Waals surface area contributed by atoms with E-state index < -0.39 is 0 Å². The molecular formula is C17H21NO. The molecule has 0 amide bonds. The molecule has 0 radical (unpaired) electrons. The predicted octanol–water partition coefficient (Wildman–Crippen LogP) is 3.33. The van der Waals surface area contributed by atoms with Gasteiger partial charge in [-0.2, -0.15) is 0 Å². The standard InChI is InChI=1S/C17H21NO/c1-14-7-5-6-8-15(14)13-16(18)11-12-19-17-9-3-2-4-10-17/h2-10,16H,11-13,18H2,1H3. The molecule has 0 aromatic heterocycles. The van der Waals surface area contributed by atoms with Crippen molar-refractivity contribution in [1.29, 1.82) is 0 Å². The first-order valence-corrected chi connectivity index (χ1v) is 6.73. The topological polar surface area (TPSA) is 35.2 Å². The summed E-state index contributed by atoms with van der Waals surface area (Å²) in [5, 5.41) is 0. The van der Waals surface area contributed by atoms with Crippen molar-refractivity contribution in [3.05, 3.63) is 65.7 Å². The summed E-state index contributed by atoms with van der Waals surface area (Å²) < 4.78 is 5.66. The molecule has 0 aliphatic carbocycles. The zero-order valence-corrected chi connectivity index (χ0v) is 11.4. The number of aryl methyl sites for hydroxylation is 1. The molecule has 2 N–H and O–H groups in total. The Balaban J connectivity index is 1.76. The normalized spacial score (nSPS) is 12.1. The van der Waals surface area contributed by atoms with Crippen molar-refractivity contribution in [2.75, 3.05) is 6.61 Å². The highest BCUT2D eigenvalue weighted by Crippen LogP contribution is 2.12. The lowest BCUT2D eigenvalue weighted by Crippen LogP contribution is -2.25. The van der Waals surface area contributed by atoms with Gasteiger partial charge in [0.05, 0.1) is 6.61 Å². The van der Waals surface area contributed by atoms with Gasteiger partial charge in [-0.3, -0.25) is 0 Å². The molecule has 2 rings (SSSR count). The summed E-state index contributed by atoms with van der Waals surface area (Å²) in [5.74, 6) is 0.908. The molecule has 2 aromatic carbocycles. The zero-order chi connectivity index (χ0) is 13.5. The molecule has 2 heteroatoms. The van der Waals surface area contributed by atoms with Crippen molar-refractivity contribution in [1.82, 2.24) is 0 Å². The molecule has 0 heterocycles. The first-order valence-electron chi connectivity index (χ1n) is 6.73. The number of para-hydroxylation sites is 1. The second-order valence-corrected chi connectivity index (χ2v) is 4.84. The van der Waals surface area contributed by atoms with E-state index in [4.69, 9.17) is 10.5 Å². The van der Waals surface area contributed by atoms with Crippen LogP contribution in [0.3, 0.4) is 0 Å². The van der Waals surface area contributed by atoms with Crippen molar-refractivity contribution in [2.45, 2.75) is 25.8 Å². The second kappa shape index (κ2) is 6.95. The summed E-state index contributed by atoms with van der Waals surface area (Å²) in [5.41, 5.74) is 8.79. The first kappa shape index (κ1) is 13.6. The van der Waals surface area contributed by atoms with Crippen LogP contribution in [0.25, 0.3) is 0 Å². The van der Waals surface area contributed by atoms with Crippen LogP contribution in [0.4, 0.5) is 0 Å². The molecular weight excluding hydrogens is 234 g/mol. The van der Waals surface area contributed by atoms with Gasteiger partial charge in [0.1, 0.15) is 5.75 Å². The summed E-state index contributed by atoms with van der Waals surface area (Å²) in [6.45, 7) is 2.79. The molecule has 1 unspecified atom stereocenters. The second-order valence-electron chi connectivity index (χ2n) is 4.84. The summed E-state index contributed by atoms with van der Waals surface area (Å²) in [7, 11) is 0. The van der Waals surface area contributed by atoms with Crippen LogP contribution in [-0.4, -0.2) is 12.6 Å². The van der Waals surface area contributed by atoms with Crippen LogP contribution in [0.1, 0.15) is 17.5 Å². The number of hydrogen-bond donors (Lipinski definition) is 1. The minimum atomic E-state index is 0.143. The highest BCUT2D eigenvalue weighted by atomic mass is 16.5. The summed E-state index contributed by atoms with van der Waals surface area (Å²) in [4.78, 5) is 0. The predicted molar refractivity (Wildman–Crippen MR) is 79.4 cm³/mol. The van der Waals surface area contributed by atoms with Crippen LogP contribution < -0.4 is 10.5 Å². The number of nitrogens with two attached hydrogens (primary N) is 1. The van der Waals surface area contributed by atoms with E-state index in [1.54, 1.807) is 0 Å². The average molecular weight is 255 g/mol. The molecule has 1 atom stereocenters. The molecule has 0 bridgehead atoms. The van der Waals surface area contributed by atoms with Crippen molar-refractivity contribution < 1.29 is 4.74 Å². The van der Waals surface area contributed by atoms with Crippen LogP contribution in [0.2, 0.25) is 0 Å². The maximum Gasteiger partial charge on any atom is 0.119 e. The van der Waals surface area contributed by atoms with E-state index in [1.807, 2.05) is 30.3 Å². The van der Waals surface area contributed by atoms with E-state index in [2.05, 4.69) is 31.2 Å². The Labute approximate surface area is 115 Å². The molecule has 0 aliphatic rings. The average Bonchev–Trinajstić information content (AvgIpc) is 2.43. The maximum absolute atomic E-state index is 6.16. The van der Waals surface area contributed by atoms with E-state index in [9.17, 15) is 0 Å². The van der Waals surface area contributed by atoms with Crippen molar-refractivity contribution in [2.24, 2.45) is 5.73 Å². The maximum atomic E-state index is 6.16. The van der Waals surface area contributed by atoms with Gasteiger partial charge in [0.25, 0.3) is 0 Å². The van der Waals surface area contributed by atoms with Crippen molar-refractivity contribution in [3.8, 4) is 5.75 Å². The first-order chi connectivity index (χ1) is 9.25. The van der Waals surface area contributed by atoms with Gasteiger partial charge in [-0.05, 0) is 43.0 Å². The Morgan fingerprint density at radius 3 is 2.42 bits per heavy atom. The van der Waals surface area contributed by atoms with Crippen LogP contribution in [-0.2, 0) is 6.42 Å². The van der Waals surface area contributed by atoms with Gasteiger partial charge in [-0.25, -0.2) is 0 Å².